The first-order valence-electron chi connectivity index (χ1n) is 9.81. The summed E-state index contributed by atoms with van der Waals surface area (Å²) in [6, 6.07) is 3.34. The Morgan fingerprint density at radius 1 is 1.24 bits per heavy atom. The second-order valence-corrected chi connectivity index (χ2v) is 8.39. The molecule has 2 atom stereocenters. The normalized spacial score (nSPS) is 28.4. The maximum atomic E-state index is 12.6. The van der Waals surface area contributed by atoms with E-state index >= 15 is 0 Å². The van der Waals surface area contributed by atoms with Crippen LogP contribution in [0.25, 0.3) is 11.3 Å². The molecule has 3 aliphatic carbocycles. The lowest BCUT2D eigenvalue weighted by Gasteiger charge is -2.13. The van der Waals surface area contributed by atoms with Crippen molar-refractivity contribution in [1.29, 1.82) is 0 Å². The molecule has 156 valence electrons. The predicted octanol–water partition coefficient (Wildman–Crippen LogP) is 3.31. The van der Waals surface area contributed by atoms with Crippen molar-refractivity contribution in [2.24, 2.45) is 17.8 Å². The SMILES string of the molecule is Nc1ncc(-c2cc(C3C4CC(NO)CC43)n(CC3CC3)n2)cc1OC(F)(F)F. The first-order valence-corrected chi connectivity index (χ1v) is 9.81. The zero-order chi connectivity index (χ0) is 20.3. The van der Waals surface area contributed by atoms with E-state index in [-0.39, 0.29) is 11.9 Å². The summed E-state index contributed by atoms with van der Waals surface area (Å²) in [5, 5.41) is 13.8. The quantitative estimate of drug-likeness (QED) is 0.634. The van der Waals surface area contributed by atoms with E-state index < -0.39 is 12.1 Å². The topological polar surface area (TPSA) is 98.2 Å². The average molecular weight is 409 g/mol. The molecule has 5 rings (SSSR count). The van der Waals surface area contributed by atoms with Gasteiger partial charge in [-0.1, -0.05) is 0 Å². The molecule has 4 N–H and O–H groups in total. The summed E-state index contributed by atoms with van der Waals surface area (Å²) in [5.74, 6) is 1.18. The van der Waals surface area contributed by atoms with Gasteiger partial charge in [0.1, 0.15) is 0 Å². The number of nitrogens with one attached hydrogen (secondary N) is 1. The van der Waals surface area contributed by atoms with Crippen molar-refractivity contribution >= 4 is 5.82 Å². The molecule has 0 aromatic carbocycles. The lowest BCUT2D eigenvalue weighted by atomic mass is 10.0. The fraction of sp³-hybridized carbons (Fsp3) is 0.579. The number of hydrogen-bond donors (Lipinski definition) is 3. The largest absolute Gasteiger partial charge is 0.573 e. The molecule has 2 aromatic heterocycles. The molecule has 0 spiro atoms. The Hall–Kier alpha value is -2.33. The molecule has 0 bridgehead atoms. The number of nitrogens with zero attached hydrogens (tertiary/aromatic N) is 3. The molecule has 10 heteroatoms. The first-order chi connectivity index (χ1) is 13.8. The maximum absolute atomic E-state index is 12.6. The van der Waals surface area contributed by atoms with E-state index in [0.29, 0.717) is 34.9 Å². The number of rotatable bonds is 6. The van der Waals surface area contributed by atoms with Crippen molar-refractivity contribution in [3.63, 3.8) is 0 Å². The summed E-state index contributed by atoms with van der Waals surface area (Å²) in [5.41, 5.74) is 10.0. The highest BCUT2D eigenvalue weighted by Gasteiger charge is 2.57. The number of hydrogen-bond acceptors (Lipinski definition) is 6. The highest BCUT2D eigenvalue weighted by molar-refractivity contribution is 5.64. The molecular formula is C19H22F3N5O2. The van der Waals surface area contributed by atoms with Crippen LogP contribution in [-0.2, 0) is 6.54 Å². The van der Waals surface area contributed by atoms with Gasteiger partial charge in [-0.15, -0.1) is 13.2 Å². The van der Waals surface area contributed by atoms with Gasteiger partial charge in [0.15, 0.2) is 11.6 Å². The lowest BCUT2D eigenvalue weighted by Crippen LogP contribution is -2.24. The lowest BCUT2D eigenvalue weighted by molar-refractivity contribution is -0.274. The molecule has 3 fully saturated rings. The van der Waals surface area contributed by atoms with E-state index in [1.54, 1.807) is 0 Å². The monoisotopic (exact) mass is 409 g/mol. The Kier molecular flexibility index (Phi) is 4.25. The number of hydroxylamine groups is 1. The van der Waals surface area contributed by atoms with E-state index in [2.05, 4.69) is 20.3 Å². The van der Waals surface area contributed by atoms with Gasteiger partial charge in [-0.2, -0.15) is 5.10 Å². The van der Waals surface area contributed by atoms with Crippen LogP contribution >= 0.6 is 0 Å². The molecule has 3 saturated carbocycles. The number of nitrogen functional groups attached to an aromatic ring is 1. The Balaban J connectivity index is 1.44. The van der Waals surface area contributed by atoms with Crippen molar-refractivity contribution in [1.82, 2.24) is 20.2 Å². The number of pyridine rings is 1. The van der Waals surface area contributed by atoms with Crippen LogP contribution in [0.15, 0.2) is 18.3 Å². The molecule has 0 aliphatic heterocycles. The minimum atomic E-state index is -4.84. The number of fused-ring (bicyclic) bond motifs is 1. The van der Waals surface area contributed by atoms with Gasteiger partial charge in [0, 0.05) is 36.0 Å². The zero-order valence-electron chi connectivity index (χ0n) is 15.6. The minimum Gasteiger partial charge on any atom is -0.402 e. The van der Waals surface area contributed by atoms with Gasteiger partial charge < -0.3 is 15.7 Å². The van der Waals surface area contributed by atoms with Gasteiger partial charge >= 0.3 is 6.36 Å². The third-order valence-electron chi connectivity index (χ3n) is 6.31. The Morgan fingerprint density at radius 3 is 2.59 bits per heavy atom. The molecule has 3 aliphatic rings. The molecule has 2 unspecified atom stereocenters. The van der Waals surface area contributed by atoms with Gasteiger partial charge in [0.2, 0.25) is 0 Å². The van der Waals surface area contributed by atoms with Crippen LogP contribution in [-0.4, -0.2) is 32.4 Å². The van der Waals surface area contributed by atoms with Crippen molar-refractivity contribution < 1.29 is 23.1 Å². The summed E-state index contributed by atoms with van der Waals surface area (Å²) in [6.07, 6.45) is 0.774. The molecule has 7 nitrogen and oxygen atoms in total. The van der Waals surface area contributed by atoms with Gasteiger partial charge in [0.05, 0.1) is 5.69 Å². The third kappa shape index (κ3) is 3.66. The number of aromatic nitrogens is 3. The highest BCUT2D eigenvalue weighted by Crippen LogP contribution is 2.63. The number of anilines is 1. The van der Waals surface area contributed by atoms with Crippen molar-refractivity contribution in [2.75, 3.05) is 5.73 Å². The molecule has 0 amide bonds. The van der Waals surface area contributed by atoms with E-state index in [1.165, 1.54) is 25.1 Å². The molecule has 2 aromatic rings. The number of nitrogens with two attached hydrogens (primary N) is 1. The van der Waals surface area contributed by atoms with E-state index in [0.717, 1.165) is 25.1 Å². The van der Waals surface area contributed by atoms with Crippen molar-refractivity contribution in [3.05, 3.63) is 24.0 Å². The van der Waals surface area contributed by atoms with Crippen LogP contribution in [0.5, 0.6) is 5.75 Å². The van der Waals surface area contributed by atoms with E-state index in [9.17, 15) is 13.2 Å². The number of ether oxygens (including phenoxy) is 1. The van der Waals surface area contributed by atoms with Gasteiger partial charge in [-0.25, -0.2) is 10.5 Å². The van der Waals surface area contributed by atoms with Crippen LogP contribution in [0.4, 0.5) is 19.0 Å². The highest BCUT2D eigenvalue weighted by atomic mass is 19.4. The van der Waals surface area contributed by atoms with Gasteiger partial charge in [-0.3, -0.25) is 4.68 Å². The zero-order valence-corrected chi connectivity index (χ0v) is 15.6. The van der Waals surface area contributed by atoms with Crippen LogP contribution in [0, 0.1) is 17.8 Å². The van der Waals surface area contributed by atoms with Gasteiger partial charge in [0.25, 0.3) is 0 Å². The second-order valence-electron chi connectivity index (χ2n) is 8.39. The molecule has 2 heterocycles. The maximum Gasteiger partial charge on any atom is 0.573 e. The second kappa shape index (κ2) is 6.60. The molecule has 29 heavy (non-hydrogen) atoms. The fourth-order valence-electron chi connectivity index (χ4n) is 4.72. The number of alkyl halides is 3. The minimum absolute atomic E-state index is 0.142. The smallest absolute Gasteiger partial charge is 0.402 e. The molecular weight excluding hydrogens is 387 g/mol. The Bertz CT molecular complexity index is 915. The Morgan fingerprint density at radius 2 is 1.97 bits per heavy atom. The summed E-state index contributed by atoms with van der Waals surface area (Å²) in [4.78, 5) is 3.86. The average Bonchev–Trinajstić information content (AvgIpc) is 3.50. The third-order valence-corrected chi connectivity index (χ3v) is 6.31. The number of halogens is 3. The summed E-state index contributed by atoms with van der Waals surface area (Å²) >= 11 is 0. The van der Waals surface area contributed by atoms with Gasteiger partial charge in [-0.05, 0) is 55.6 Å². The van der Waals surface area contributed by atoms with Crippen LogP contribution < -0.4 is 16.0 Å². The van der Waals surface area contributed by atoms with Crippen LogP contribution in [0.1, 0.15) is 37.3 Å². The summed E-state index contributed by atoms with van der Waals surface area (Å²) in [7, 11) is 0. The first kappa shape index (κ1) is 18.7. The van der Waals surface area contributed by atoms with E-state index in [1.807, 2.05) is 10.7 Å². The standard InChI is InChI=1S/C19H22F3N5O2/c20-19(21,22)29-16-3-10(7-24-18(16)23)14-6-15(27(25-14)8-9-1-2-9)17-12-4-11(26-28)5-13(12)17/h3,6-7,9,11-13,17,26,28H,1-2,4-5,8H2,(H2,23,24). The summed E-state index contributed by atoms with van der Waals surface area (Å²) in [6.45, 7) is 0.821. The molecule has 0 radical (unpaired) electrons. The Labute approximate surface area is 165 Å². The fourth-order valence-corrected chi connectivity index (χ4v) is 4.72. The summed E-state index contributed by atoms with van der Waals surface area (Å²) < 4.78 is 43.9. The van der Waals surface area contributed by atoms with Crippen molar-refractivity contribution in [2.45, 2.75) is 50.6 Å². The molecule has 0 saturated heterocycles. The van der Waals surface area contributed by atoms with E-state index in [4.69, 9.17) is 10.9 Å². The predicted molar refractivity (Wildman–Crippen MR) is 96.9 cm³/mol. The van der Waals surface area contributed by atoms with Crippen molar-refractivity contribution in [3.8, 4) is 17.0 Å². The van der Waals surface area contributed by atoms with Crippen LogP contribution in [0.3, 0.4) is 0 Å². The van der Waals surface area contributed by atoms with Crippen LogP contribution in [0.2, 0.25) is 0 Å².